The zero-order valence-corrected chi connectivity index (χ0v) is 6.36. The number of hydrogen-bond donors (Lipinski definition) is 0. The molecule has 0 saturated heterocycles. The molecule has 0 bridgehead atoms. The molecule has 0 aromatic heterocycles. The van der Waals surface area contributed by atoms with Crippen LogP contribution in [0.15, 0.2) is 24.3 Å². The fourth-order valence-electron chi connectivity index (χ4n) is 0.495. The van der Waals surface area contributed by atoms with Crippen LogP contribution in [0.25, 0.3) is 0 Å². The molecule has 0 amide bonds. The average molecular weight is 164 g/mol. The summed E-state index contributed by atoms with van der Waals surface area (Å²) in [5.74, 6) is 0. The van der Waals surface area contributed by atoms with E-state index in [4.69, 9.17) is 0 Å². The van der Waals surface area contributed by atoms with Crippen LogP contribution in [0.5, 0.6) is 0 Å². The molecule has 0 heterocycles. The summed E-state index contributed by atoms with van der Waals surface area (Å²) in [5.41, 5.74) is 0. The lowest BCUT2D eigenvalue weighted by molar-refractivity contribution is -0.125. The molecule has 0 nitrogen and oxygen atoms in total. The summed E-state index contributed by atoms with van der Waals surface area (Å²) in [5, 5.41) is 0. The van der Waals surface area contributed by atoms with Gasteiger partial charge in [-0.3, -0.25) is 0 Å². The quantitative estimate of drug-likeness (QED) is 0.560. The maximum absolute atomic E-state index is 11.5. The van der Waals surface area contributed by atoms with Crippen molar-refractivity contribution in [1.29, 1.82) is 0 Å². The molecule has 0 atom stereocenters. The van der Waals surface area contributed by atoms with Crippen LogP contribution in [0.1, 0.15) is 19.8 Å². The molecule has 0 aliphatic carbocycles. The van der Waals surface area contributed by atoms with Crippen molar-refractivity contribution in [2.75, 3.05) is 0 Å². The van der Waals surface area contributed by atoms with Gasteiger partial charge in [-0.2, -0.15) is 13.2 Å². The Kier molecular flexibility index (Phi) is 4.66. The van der Waals surface area contributed by atoms with Gasteiger partial charge in [0.1, 0.15) is 0 Å². The van der Waals surface area contributed by atoms with Gasteiger partial charge in [0, 0.05) is 0 Å². The monoisotopic (exact) mass is 164 g/mol. The third kappa shape index (κ3) is 9.27. The topological polar surface area (TPSA) is 0 Å². The highest BCUT2D eigenvalue weighted by molar-refractivity contribution is 5.02. The van der Waals surface area contributed by atoms with Gasteiger partial charge in [0.25, 0.3) is 0 Å². The smallest absolute Gasteiger partial charge is 0.171 e. The second-order valence-electron chi connectivity index (χ2n) is 2.08. The Morgan fingerprint density at radius 2 is 1.64 bits per heavy atom. The molecule has 0 aliphatic heterocycles. The van der Waals surface area contributed by atoms with Crippen molar-refractivity contribution in [1.82, 2.24) is 0 Å². The first kappa shape index (κ1) is 10.3. The van der Waals surface area contributed by atoms with E-state index in [9.17, 15) is 13.2 Å². The molecule has 0 aliphatic rings. The Labute approximate surface area is 64.4 Å². The van der Waals surface area contributed by atoms with Gasteiger partial charge in [-0.1, -0.05) is 31.2 Å². The normalized spacial score (nSPS) is 13.5. The van der Waals surface area contributed by atoms with Crippen molar-refractivity contribution >= 4 is 0 Å². The summed E-state index contributed by atoms with van der Waals surface area (Å²) < 4.78 is 34.5. The van der Waals surface area contributed by atoms with E-state index in [-0.39, 0.29) is 0 Å². The van der Waals surface area contributed by atoms with E-state index in [0.717, 1.165) is 12.5 Å². The van der Waals surface area contributed by atoms with Crippen LogP contribution in [0.4, 0.5) is 13.2 Å². The van der Waals surface area contributed by atoms with Crippen molar-refractivity contribution in [2.45, 2.75) is 25.9 Å². The molecule has 0 spiro atoms. The van der Waals surface area contributed by atoms with Gasteiger partial charge in [0.05, 0.1) is 6.42 Å². The molecule has 0 aromatic rings. The Morgan fingerprint density at radius 3 is 2.09 bits per heavy atom. The Bertz CT molecular complexity index is 142. The Balaban J connectivity index is 3.53. The van der Waals surface area contributed by atoms with Crippen LogP contribution in [-0.4, -0.2) is 6.18 Å². The fraction of sp³-hybridized carbons (Fsp3) is 0.500. The summed E-state index contributed by atoms with van der Waals surface area (Å²) >= 11 is 0. The van der Waals surface area contributed by atoms with Crippen LogP contribution in [0.2, 0.25) is 0 Å². The van der Waals surface area contributed by atoms with Crippen molar-refractivity contribution in [3.8, 4) is 0 Å². The minimum absolute atomic E-state index is 0.844. The average Bonchev–Trinajstić information content (AvgIpc) is 1.85. The molecular weight excluding hydrogens is 153 g/mol. The summed E-state index contributed by atoms with van der Waals surface area (Å²) in [6.07, 6.45) is 1.86. The zero-order valence-electron chi connectivity index (χ0n) is 6.36. The highest BCUT2D eigenvalue weighted by atomic mass is 19.4. The number of alkyl halides is 3. The molecule has 0 radical (unpaired) electrons. The van der Waals surface area contributed by atoms with E-state index >= 15 is 0 Å². The van der Waals surface area contributed by atoms with Crippen LogP contribution < -0.4 is 0 Å². The second-order valence-corrected chi connectivity index (χ2v) is 2.08. The van der Waals surface area contributed by atoms with E-state index < -0.39 is 12.6 Å². The summed E-state index contributed by atoms with van der Waals surface area (Å²) in [6.45, 7) is 1.92. The Morgan fingerprint density at radius 1 is 1.09 bits per heavy atom. The molecule has 0 unspecified atom stereocenters. The number of rotatable bonds is 3. The van der Waals surface area contributed by atoms with Crippen LogP contribution in [-0.2, 0) is 0 Å². The largest absolute Gasteiger partial charge is 0.392 e. The lowest BCUT2D eigenvalue weighted by atomic mass is 10.3. The van der Waals surface area contributed by atoms with Gasteiger partial charge in [-0.15, -0.1) is 0 Å². The standard InChI is InChI=1S/C8H11F3/c1-2-3-4-5-6-7-8(9,10)11/h3-6H,2,7H2,1H3/b4-3+,6-5+. The maximum Gasteiger partial charge on any atom is 0.392 e. The van der Waals surface area contributed by atoms with Crippen molar-refractivity contribution in [2.24, 2.45) is 0 Å². The van der Waals surface area contributed by atoms with Crippen LogP contribution >= 0.6 is 0 Å². The molecule has 11 heavy (non-hydrogen) atoms. The van der Waals surface area contributed by atoms with Gasteiger partial charge >= 0.3 is 6.18 Å². The zero-order chi connectivity index (χ0) is 8.74. The highest BCUT2D eigenvalue weighted by Gasteiger charge is 2.24. The van der Waals surface area contributed by atoms with Crippen molar-refractivity contribution < 1.29 is 13.2 Å². The highest BCUT2D eigenvalue weighted by Crippen LogP contribution is 2.19. The SMILES string of the molecule is CC/C=C/C=C/CC(F)(F)F. The second kappa shape index (κ2) is 4.99. The van der Waals surface area contributed by atoms with E-state index in [0.29, 0.717) is 0 Å². The summed E-state index contributed by atoms with van der Waals surface area (Å²) in [7, 11) is 0. The fourth-order valence-corrected chi connectivity index (χ4v) is 0.495. The van der Waals surface area contributed by atoms with E-state index in [1.807, 2.05) is 6.92 Å². The number of halogens is 3. The third-order valence-electron chi connectivity index (χ3n) is 0.968. The first-order valence-electron chi connectivity index (χ1n) is 3.44. The van der Waals surface area contributed by atoms with E-state index in [1.165, 1.54) is 6.08 Å². The molecule has 0 rings (SSSR count). The molecule has 0 fully saturated rings. The molecule has 0 N–H and O–H groups in total. The van der Waals surface area contributed by atoms with Crippen molar-refractivity contribution in [3.63, 3.8) is 0 Å². The third-order valence-corrected chi connectivity index (χ3v) is 0.968. The molecule has 0 saturated carbocycles. The van der Waals surface area contributed by atoms with E-state index in [1.54, 1.807) is 12.2 Å². The summed E-state index contributed by atoms with van der Waals surface area (Å²) in [4.78, 5) is 0. The molecule has 0 aromatic carbocycles. The minimum Gasteiger partial charge on any atom is -0.171 e. The first-order valence-corrected chi connectivity index (χ1v) is 3.44. The minimum atomic E-state index is -4.07. The number of allylic oxidation sites excluding steroid dienone is 4. The Hall–Kier alpha value is -0.730. The maximum atomic E-state index is 11.5. The predicted molar refractivity (Wildman–Crippen MR) is 39.2 cm³/mol. The van der Waals surface area contributed by atoms with Gasteiger partial charge < -0.3 is 0 Å². The lowest BCUT2D eigenvalue weighted by Gasteiger charge is -1.98. The lowest BCUT2D eigenvalue weighted by Crippen LogP contribution is -2.03. The first-order chi connectivity index (χ1) is 5.06. The predicted octanol–water partition coefficient (Wildman–Crippen LogP) is 3.46. The molecule has 64 valence electrons. The van der Waals surface area contributed by atoms with Gasteiger partial charge in [-0.05, 0) is 6.42 Å². The van der Waals surface area contributed by atoms with Gasteiger partial charge in [-0.25, -0.2) is 0 Å². The van der Waals surface area contributed by atoms with Crippen LogP contribution in [0, 0.1) is 0 Å². The van der Waals surface area contributed by atoms with Crippen LogP contribution in [0.3, 0.4) is 0 Å². The number of hydrogen-bond acceptors (Lipinski definition) is 0. The van der Waals surface area contributed by atoms with Gasteiger partial charge in [0.2, 0.25) is 0 Å². The van der Waals surface area contributed by atoms with Gasteiger partial charge in [0.15, 0.2) is 0 Å². The molecular formula is C8H11F3. The molecule has 3 heteroatoms. The van der Waals surface area contributed by atoms with E-state index in [2.05, 4.69) is 0 Å². The summed E-state index contributed by atoms with van der Waals surface area (Å²) in [6, 6.07) is 0. The van der Waals surface area contributed by atoms with Crippen molar-refractivity contribution in [3.05, 3.63) is 24.3 Å².